The summed E-state index contributed by atoms with van der Waals surface area (Å²) in [5.41, 5.74) is 2.40. The van der Waals surface area contributed by atoms with E-state index in [0.717, 1.165) is 17.3 Å². The average Bonchev–Trinajstić information content (AvgIpc) is 3.30. The average molecular weight is 355 g/mol. The standard InChI is InChI=1S/C21H25NO4/c1-16-7-8-19(11-17(16)2)26-15-18(23)12-22(13-20-5-3-9-24-20)14-21-6-4-10-25-21/h3-11,18,23H,12-15H2,1-2H3. The fourth-order valence-electron chi connectivity index (χ4n) is 2.78. The summed E-state index contributed by atoms with van der Waals surface area (Å²) < 4.78 is 16.6. The predicted molar refractivity (Wildman–Crippen MR) is 98.9 cm³/mol. The number of ether oxygens (including phenoxy) is 1. The third-order valence-electron chi connectivity index (χ3n) is 4.31. The van der Waals surface area contributed by atoms with Gasteiger partial charge in [-0.2, -0.15) is 0 Å². The molecule has 138 valence electrons. The number of aliphatic hydroxyl groups excluding tert-OH is 1. The first kappa shape index (κ1) is 18.3. The van der Waals surface area contributed by atoms with Gasteiger partial charge in [0.2, 0.25) is 0 Å². The summed E-state index contributed by atoms with van der Waals surface area (Å²) in [5, 5.41) is 10.4. The molecule has 26 heavy (non-hydrogen) atoms. The van der Waals surface area contributed by atoms with Crippen molar-refractivity contribution < 1.29 is 18.7 Å². The van der Waals surface area contributed by atoms with Gasteiger partial charge in [0.15, 0.2) is 0 Å². The van der Waals surface area contributed by atoms with E-state index in [1.54, 1.807) is 12.5 Å². The minimum Gasteiger partial charge on any atom is -0.491 e. The highest BCUT2D eigenvalue weighted by atomic mass is 16.5. The van der Waals surface area contributed by atoms with Gasteiger partial charge in [0.1, 0.15) is 30.0 Å². The normalized spacial score (nSPS) is 12.5. The van der Waals surface area contributed by atoms with Gasteiger partial charge in [-0.05, 0) is 61.4 Å². The second-order valence-electron chi connectivity index (χ2n) is 6.54. The fraction of sp³-hybridized carbons (Fsp3) is 0.333. The first-order valence-electron chi connectivity index (χ1n) is 8.75. The summed E-state index contributed by atoms with van der Waals surface area (Å²) in [7, 11) is 0. The van der Waals surface area contributed by atoms with Crippen molar-refractivity contribution in [1.29, 1.82) is 0 Å². The molecular formula is C21H25NO4. The molecule has 0 aliphatic rings. The number of benzene rings is 1. The van der Waals surface area contributed by atoms with Gasteiger partial charge < -0.3 is 18.7 Å². The van der Waals surface area contributed by atoms with Crippen LogP contribution in [-0.4, -0.2) is 29.3 Å². The van der Waals surface area contributed by atoms with Crippen molar-refractivity contribution in [2.45, 2.75) is 33.0 Å². The lowest BCUT2D eigenvalue weighted by Gasteiger charge is -2.23. The van der Waals surface area contributed by atoms with Crippen LogP contribution in [0, 0.1) is 13.8 Å². The molecule has 0 bridgehead atoms. The van der Waals surface area contributed by atoms with Crippen LogP contribution in [-0.2, 0) is 13.1 Å². The van der Waals surface area contributed by atoms with Crippen LogP contribution >= 0.6 is 0 Å². The van der Waals surface area contributed by atoms with Crippen LogP contribution in [0.2, 0.25) is 0 Å². The molecule has 0 amide bonds. The lowest BCUT2D eigenvalue weighted by molar-refractivity contribution is 0.0580. The fourth-order valence-corrected chi connectivity index (χ4v) is 2.78. The molecule has 0 saturated carbocycles. The van der Waals surface area contributed by atoms with Crippen molar-refractivity contribution in [2.24, 2.45) is 0 Å². The van der Waals surface area contributed by atoms with Crippen LogP contribution in [0.25, 0.3) is 0 Å². The Balaban J connectivity index is 1.56. The van der Waals surface area contributed by atoms with Crippen LogP contribution in [0.1, 0.15) is 22.6 Å². The zero-order valence-corrected chi connectivity index (χ0v) is 15.2. The van der Waals surface area contributed by atoms with E-state index in [4.69, 9.17) is 13.6 Å². The number of aliphatic hydroxyl groups is 1. The maximum atomic E-state index is 10.4. The minimum absolute atomic E-state index is 0.231. The predicted octanol–water partition coefficient (Wildman–Crippen LogP) is 3.93. The summed E-state index contributed by atoms with van der Waals surface area (Å²) in [6, 6.07) is 13.5. The van der Waals surface area contributed by atoms with E-state index in [0.29, 0.717) is 19.6 Å². The number of hydrogen-bond acceptors (Lipinski definition) is 5. The van der Waals surface area contributed by atoms with Crippen molar-refractivity contribution in [3.05, 3.63) is 77.6 Å². The lowest BCUT2D eigenvalue weighted by Crippen LogP contribution is -2.34. The summed E-state index contributed by atoms with van der Waals surface area (Å²) in [6.07, 6.45) is 2.68. The third kappa shape index (κ3) is 5.25. The van der Waals surface area contributed by atoms with Gasteiger partial charge in [0.25, 0.3) is 0 Å². The van der Waals surface area contributed by atoms with Gasteiger partial charge in [-0.3, -0.25) is 4.90 Å². The van der Waals surface area contributed by atoms with Crippen molar-refractivity contribution in [3.63, 3.8) is 0 Å². The van der Waals surface area contributed by atoms with E-state index < -0.39 is 6.10 Å². The smallest absolute Gasteiger partial charge is 0.119 e. The van der Waals surface area contributed by atoms with Gasteiger partial charge in [-0.15, -0.1) is 0 Å². The Morgan fingerprint density at radius 2 is 1.62 bits per heavy atom. The Labute approximate surface area is 153 Å². The molecule has 0 aliphatic heterocycles. The van der Waals surface area contributed by atoms with Gasteiger partial charge in [-0.25, -0.2) is 0 Å². The number of furan rings is 2. The van der Waals surface area contributed by atoms with Crippen molar-refractivity contribution in [1.82, 2.24) is 4.90 Å². The SMILES string of the molecule is Cc1ccc(OCC(O)CN(Cc2ccco2)Cc2ccco2)cc1C. The lowest BCUT2D eigenvalue weighted by atomic mass is 10.1. The quantitative estimate of drug-likeness (QED) is 0.630. The topological polar surface area (TPSA) is 59.0 Å². The summed E-state index contributed by atoms with van der Waals surface area (Å²) in [4.78, 5) is 2.08. The summed E-state index contributed by atoms with van der Waals surface area (Å²) >= 11 is 0. The number of nitrogens with zero attached hydrogens (tertiary/aromatic N) is 1. The molecule has 0 fully saturated rings. The van der Waals surface area contributed by atoms with Crippen LogP contribution in [0.3, 0.4) is 0 Å². The van der Waals surface area contributed by atoms with Crippen LogP contribution in [0.5, 0.6) is 5.75 Å². The maximum absolute atomic E-state index is 10.4. The van der Waals surface area contributed by atoms with Crippen molar-refractivity contribution in [2.75, 3.05) is 13.2 Å². The molecule has 1 aromatic carbocycles. The molecule has 0 radical (unpaired) electrons. The highest BCUT2D eigenvalue weighted by Gasteiger charge is 2.16. The van der Waals surface area contributed by atoms with E-state index in [-0.39, 0.29) is 6.61 Å². The van der Waals surface area contributed by atoms with E-state index in [1.165, 1.54) is 11.1 Å². The summed E-state index contributed by atoms with van der Waals surface area (Å²) in [5.74, 6) is 2.47. The van der Waals surface area contributed by atoms with Gasteiger partial charge in [0, 0.05) is 6.54 Å². The maximum Gasteiger partial charge on any atom is 0.119 e. The minimum atomic E-state index is -0.624. The van der Waals surface area contributed by atoms with E-state index in [2.05, 4.69) is 11.8 Å². The second kappa shape index (κ2) is 8.74. The highest BCUT2D eigenvalue weighted by Crippen LogP contribution is 2.17. The zero-order chi connectivity index (χ0) is 18.4. The molecule has 1 unspecified atom stereocenters. The zero-order valence-electron chi connectivity index (χ0n) is 15.2. The Kier molecular flexibility index (Phi) is 6.15. The van der Waals surface area contributed by atoms with E-state index in [1.807, 2.05) is 49.4 Å². The molecule has 1 atom stereocenters. The Bertz CT molecular complexity index is 744. The summed E-state index contributed by atoms with van der Waals surface area (Å²) in [6.45, 7) is 5.98. The molecule has 2 heterocycles. The Morgan fingerprint density at radius 3 is 2.15 bits per heavy atom. The Morgan fingerprint density at radius 1 is 0.962 bits per heavy atom. The molecule has 5 heteroatoms. The molecule has 0 aliphatic carbocycles. The molecule has 3 aromatic rings. The molecular weight excluding hydrogens is 330 g/mol. The Hall–Kier alpha value is -2.50. The van der Waals surface area contributed by atoms with Gasteiger partial charge in [-0.1, -0.05) is 6.07 Å². The first-order valence-corrected chi connectivity index (χ1v) is 8.75. The number of hydrogen-bond donors (Lipinski definition) is 1. The van der Waals surface area contributed by atoms with E-state index in [9.17, 15) is 5.11 Å². The van der Waals surface area contributed by atoms with Crippen LogP contribution in [0.4, 0.5) is 0 Å². The third-order valence-corrected chi connectivity index (χ3v) is 4.31. The largest absolute Gasteiger partial charge is 0.491 e. The number of rotatable bonds is 9. The molecule has 0 saturated heterocycles. The van der Waals surface area contributed by atoms with Crippen LogP contribution in [0.15, 0.2) is 63.8 Å². The number of aryl methyl sites for hydroxylation is 2. The van der Waals surface area contributed by atoms with E-state index >= 15 is 0 Å². The van der Waals surface area contributed by atoms with Gasteiger partial charge in [0.05, 0.1) is 25.6 Å². The molecule has 2 aromatic heterocycles. The highest BCUT2D eigenvalue weighted by molar-refractivity contribution is 5.33. The van der Waals surface area contributed by atoms with Crippen molar-refractivity contribution in [3.8, 4) is 5.75 Å². The first-order chi connectivity index (χ1) is 12.6. The molecule has 5 nitrogen and oxygen atoms in total. The second-order valence-corrected chi connectivity index (χ2v) is 6.54. The van der Waals surface area contributed by atoms with Crippen LogP contribution < -0.4 is 4.74 Å². The van der Waals surface area contributed by atoms with Gasteiger partial charge >= 0.3 is 0 Å². The monoisotopic (exact) mass is 355 g/mol. The van der Waals surface area contributed by atoms with Crippen molar-refractivity contribution >= 4 is 0 Å². The molecule has 1 N–H and O–H groups in total. The molecule has 3 rings (SSSR count). The molecule has 0 spiro atoms.